The van der Waals surface area contributed by atoms with E-state index in [4.69, 9.17) is 4.42 Å². The Labute approximate surface area is 144 Å². The number of furan rings is 1. The number of hydrogen-bond donors (Lipinski definition) is 2. The first kappa shape index (κ1) is 16.8. The van der Waals surface area contributed by atoms with Gasteiger partial charge in [-0.15, -0.1) is 0 Å². The highest BCUT2D eigenvalue weighted by molar-refractivity contribution is 5.92. The molecule has 0 atom stereocenters. The molecular formula is C18H20N4O3. The van der Waals surface area contributed by atoms with E-state index in [0.717, 1.165) is 11.4 Å². The molecule has 0 spiro atoms. The van der Waals surface area contributed by atoms with Crippen molar-refractivity contribution in [2.24, 2.45) is 7.05 Å². The standard InChI is InChI=1S/C18H20N4O3/c1-13-17(20-16(23)12-19-11-15-9-6-10-25-15)18(24)22(21(13)2)14-7-4-3-5-8-14/h3-10,19H,11-12H2,1-2H3,(H,20,23). The third kappa shape index (κ3) is 3.56. The van der Waals surface area contributed by atoms with Gasteiger partial charge in [0.15, 0.2) is 0 Å². The van der Waals surface area contributed by atoms with Crippen molar-refractivity contribution in [3.8, 4) is 5.69 Å². The summed E-state index contributed by atoms with van der Waals surface area (Å²) in [6.45, 7) is 2.33. The third-order valence-corrected chi connectivity index (χ3v) is 3.98. The van der Waals surface area contributed by atoms with E-state index < -0.39 is 0 Å². The molecule has 130 valence electrons. The average molecular weight is 340 g/mol. The second kappa shape index (κ2) is 7.23. The van der Waals surface area contributed by atoms with Crippen molar-refractivity contribution < 1.29 is 9.21 Å². The molecule has 2 aromatic heterocycles. The lowest BCUT2D eigenvalue weighted by Crippen LogP contribution is -2.30. The van der Waals surface area contributed by atoms with Crippen molar-refractivity contribution in [3.63, 3.8) is 0 Å². The molecule has 0 fully saturated rings. The van der Waals surface area contributed by atoms with Crippen LogP contribution in [0.4, 0.5) is 5.69 Å². The van der Waals surface area contributed by atoms with E-state index >= 15 is 0 Å². The summed E-state index contributed by atoms with van der Waals surface area (Å²) in [7, 11) is 1.79. The molecule has 25 heavy (non-hydrogen) atoms. The van der Waals surface area contributed by atoms with Crippen molar-refractivity contribution in [1.82, 2.24) is 14.7 Å². The van der Waals surface area contributed by atoms with Gasteiger partial charge < -0.3 is 15.1 Å². The van der Waals surface area contributed by atoms with Crippen LogP contribution in [0.3, 0.4) is 0 Å². The highest BCUT2D eigenvalue weighted by atomic mass is 16.3. The lowest BCUT2D eigenvalue weighted by Gasteiger charge is -2.07. The molecule has 0 aliphatic heterocycles. The smallest absolute Gasteiger partial charge is 0.295 e. The number of anilines is 1. The Balaban J connectivity index is 1.72. The average Bonchev–Trinajstić information content (AvgIpc) is 3.19. The number of carbonyl (C=O) groups is 1. The lowest BCUT2D eigenvalue weighted by molar-refractivity contribution is -0.115. The van der Waals surface area contributed by atoms with Gasteiger partial charge in [0.25, 0.3) is 5.56 Å². The van der Waals surface area contributed by atoms with Crippen LogP contribution in [0, 0.1) is 6.92 Å². The Hall–Kier alpha value is -3.06. The van der Waals surface area contributed by atoms with Crippen LogP contribution in [0.25, 0.3) is 5.69 Å². The van der Waals surface area contributed by atoms with E-state index in [1.54, 1.807) is 31.0 Å². The Morgan fingerprint density at radius 3 is 2.60 bits per heavy atom. The van der Waals surface area contributed by atoms with Crippen LogP contribution in [-0.2, 0) is 18.4 Å². The SMILES string of the molecule is Cc1c(NC(=O)CNCc2ccco2)c(=O)n(-c2ccccc2)n1C. The zero-order chi connectivity index (χ0) is 17.8. The van der Waals surface area contributed by atoms with Gasteiger partial charge in [-0.3, -0.25) is 14.3 Å². The van der Waals surface area contributed by atoms with Gasteiger partial charge in [-0.1, -0.05) is 18.2 Å². The maximum Gasteiger partial charge on any atom is 0.295 e. The zero-order valence-electron chi connectivity index (χ0n) is 14.2. The van der Waals surface area contributed by atoms with E-state index in [2.05, 4.69) is 10.6 Å². The molecule has 7 heteroatoms. The molecule has 0 saturated carbocycles. The summed E-state index contributed by atoms with van der Waals surface area (Å²) in [5, 5.41) is 5.68. The van der Waals surface area contributed by atoms with E-state index in [0.29, 0.717) is 12.2 Å². The second-order valence-electron chi connectivity index (χ2n) is 5.67. The summed E-state index contributed by atoms with van der Waals surface area (Å²) >= 11 is 0. The summed E-state index contributed by atoms with van der Waals surface area (Å²) < 4.78 is 8.44. The van der Waals surface area contributed by atoms with Gasteiger partial charge in [-0.25, -0.2) is 4.68 Å². The summed E-state index contributed by atoms with van der Waals surface area (Å²) in [6, 6.07) is 12.9. The van der Waals surface area contributed by atoms with Crippen LogP contribution in [0.2, 0.25) is 0 Å². The molecule has 0 aliphatic rings. The van der Waals surface area contributed by atoms with Crippen molar-refractivity contribution in [3.05, 3.63) is 70.5 Å². The summed E-state index contributed by atoms with van der Waals surface area (Å²) in [5.41, 5.74) is 1.46. The lowest BCUT2D eigenvalue weighted by atomic mass is 10.3. The minimum absolute atomic E-state index is 0.0831. The van der Waals surface area contributed by atoms with Crippen LogP contribution in [0.1, 0.15) is 11.5 Å². The summed E-state index contributed by atoms with van der Waals surface area (Å²) in [5.74, 6) is 0.465. The molecular weight excluding hydrogens is 320 g/mol. The summed E-state index contributed by atoms with van der Waals surface area (Å²) in [4.78, 5) is 24.8. The predicted octanol–water partition coefficient (Wildman–Crippen LogP) is 1.81. The number of amides is 1. The molecule has 0 saturated heterocycles. The highest BCUT2D eigenvalue weighted by Crippen LogP contribution is 2.13. The number of nitrogens with zero attached hydrogens (tertiary/aromatic N) is 2. The number of para-hydroxylation sites is 1. The molecule has 0 aliphatic carbocycles. The third-order valence-electron chi connectivity index (χ3n) is 3.98. The molecule has 3 rings (SSSR count). The van der Waals surface area contributed by atoms with Crippen molar-refractivity contribution >= 4 is 11.6 Å². The molecule has 7 nitrogen and oxygen atoms in total. The Kier molecular flexibility index (Phi) is 4.85. The quantitative estimate of drug-likeness (QED) is 0.717. The van der Waals surface area contributed by atoms with Gasteiger partial charge in [-0.2, -0.15) is 0 Å². The highest BCUT2D eigenvalue weighted by Gasteiger charge is 2.17. The molecule has 2 N–H and O–H groups in total. The number of hydrogen-bond acceptors (Lipinski definition) is 4. The van der Waals surface area contributed by atoms with Crippen molar-refractivity contribution in [2.45, 2.75) is 13.5 Å². The van der Waals surface area contributed by atoms with Gasteiger partial charge in [0, 0.05) is 7.05 Å². The molecule has 1 aromatic carbocycles. The Morgan fingerprint density at radius 1 is 1.16 bits per heavy atom. The number of rotatable bonds is 6. The van der Waals surface area contributed by atoms with Crippen LogP contribution < -0.4 is 16.2 Å². The maximum absolute atomic E-state index is 12.7. The van der Waals surface area contributed by atoms with Gasteiger partial charge >= 0.3 is 0 Å². The second-order valence-corrected chi connectivity index (χ2v) is 5.67. The number of carbonyl (C=O) groups excluding carboxylic acids is 1. The van der Waals surface area contributed by atoms with E-state index in [9.17, 15) is 9.59 Å². The summed E-state index contributed by atoms with van der Waals surface area (Å²) in [6.07, 6.45) is 1.58. The molecule has 0 radical (unpaired) electrons. The first-order valence-electron chi connectivity index (χ1n) is 7.95. The molecule has 0 bridgehead atoms. The Bertz CT molecular complexity index is 908. The maximum atomic E-state index is 12.7. The van der Waals surface area contributed by atoms with E-state index in [1.165, 1.54) is 4.68 Å². The van der Waals surface area contributed by atoms with Crippen molar-refractivity contribution in [1.29, 1.82) is 0 Å². The van der Waals surface area contributed by atoms with Gasteiger partial charge in [-0.05, 0) is 31.2 Å². The van der Waals surface area contributed by atoms with Gasteiger partial charge in [0.05, 0.1) is 30.7 Å². The Morgan fingerprint density at radius 2 is 1.92 bits per heavy atom. The molecule has 0 unspecified atom stereocenters. The zero-order valence-corrected chi connectivity index (χ0v) is 14.2. The minimum atomic E-state index is -0.280. The van der Waals surface area contributed by atoms with E-state index in [1.807, 2.05) is 36.4 Å². The largest absolute Gasteiger partial charge is 0.468 e. The topological polar surface area (TPSA) is 81.2 Å². The molecule has 1 amide bonds. The molecule has 2 heterocycles. The number of aromatic nitrogens is 2. The predicted molar refractivity (Wildman–Crippen MR) is 94.8 cm³/mol. The fraction of sp³-hybridized carbons (Fsp3) is 0.222. The first-order chi connectivity index (χ1) is 12.1. The van der Waals surface area contributed by atoms with Crippen LogP contribution in [0.5, 0.6) is 0 Å². The van der Waals surface area contributed by atoms with E-state index in [-0.39, 0.29) is 23.7 Å². The fourth-order valence-electron chi connectivity index (χ4n) is 2.61. The number of nitrogens with one attached hydrogen (secondary N) is 2. The number of benzene rings is 1. The fourth-order valence-corrected chi connectivity index (χ4v) is 2.61. The minimum Gasteiger partial charge on any atom is -0.468 e. The van der Waals surface area contributed by atoms with Crippen molar-refractivity contribution in [2.75, 3.05) is 11.9 Å². The monoisotopic (exact) mass is 340 g/mol. The van der Waals surface area contributed by atoms with Gasteiger partial charge in [0.2, 0.25) is 5.91 Å². The first-order valence-corrected chi connectivity index (χ1v) is 7.95. The van der Waals surface area contributed by atoms with Gasteiger partial charge in [0.1, 0.15) is 11.4 Å². The van der Waals surface area contributed by atoms with Crippen LogP contribution >= 0.6 is 0 Å². The van der Waals surface area contributed by atoms with Crippen LogP contribution in [0.15, 0.2) is 57.9 Å². The molecule has 3 aromatic rings. The van der Waals surface area contributed by atoms with Crippen LogP contribution in [-0.4, -0.2) is 21.8 Å². The normalized spacial score (nSPS) is 10.8.